The van der Waals surface area contributed by atoms with E-state index in [0.29, 0.717) is 10.3 Å². The highest BCUT2D eigenvalue weighted by molar-refractivity contribution is 6.34. The molecular formula is C8H11Cl2N3. The van der Waals surface area contributed by atoms with E-state index in [9.17, 15) is 0 Å². The van der Waals surface area contributed by atoms with Crippen molar-refractivity contribution in [3.05, 3.63) is 22.2 Å². The smallest absolute Gasteiger partial charge is 0.137 e. The summed E-state index contributed by atoms with van der Waals surface area (Å²) in [5.41, 5.74) is 6.39. The molecule has 0 bridgehead atoms. The van der Waals surface area contributed by atoms with Crippen molar-refractivity contribution in [1.82, 2.24) is 9.97 Å². The third-order valence-electron chi connectivity index (χ3n) is 1.69. The molecule has 1 unspecified atom stereocenters. The Bertz CT molecular complexity index is 268. The third kappa shape index (κ3) is 3.10. The minimum atomic E-state index is 0.132. The van der Waals surface area contributed by atoms with Gasteiger partial charge in [0.15, 0.2) is 0 Å². The molecule has 0 amide bonds. The molecule has 0 radical (unpaired) electrons. The Balaban J connectivity index is 2.75. The Labute approximate surface area is 87.3 Å². The molecule has 1 aromatic rings. The van der Waals surface area contributed by atoms with Crippen LogP contribution < -0.4 is 5.73 Å². The van der Waals surface area contributed by atoms with Crippen molar-refractivity contribution in [2.24, 2.45) is 5.73 Å². The van der Waals surface area contributed by atoms with Crippen molar-refractivity contribution in [2.45, 2.75) is 25.8 Å². The molecule has 0 saturated carbocycles. The fourth-order valence-electron chi connectivity index (χ4n) is 0.950. The van der Waals surface area contributed by atoms with Crippen molar-refractivity contribution in [3.8, 4) is 0 Å². The lowest BCUT2D eigenvalue weighted by Crippen LogP contribution is -2.15. The first-order valence-corrected chi connectivity index (χ1v) is 4.77. The Morgan fingerprint density at radius 2 is 1.92 bits per heavy atom. The quantitative estimate of drug-likeness (QED) is 0.793. The van der Waals surface area contributed by atoms with E-state index in [1.807, 2.05) is 6.92 Å². The topological polar surface area (TPSA) is 51.8 Å². The van der Waals surface area contributed by atoms with Crippen LogP contribution in [0.25, 0.3) is 0 Å². The Morgan fingerprint density at radius 3 is 2.38 bits per heavy atom. The summed E-state index contributed by atoms with van der Waals surface area (Å²) in [6.45, 7) is 1.94. The van der Waals surface area contributed by atoms with E-state index in [2.05, 4.69) is 9.97 Å². The average molecular weight is 220 g/mol. The third-order valence-corrected chi connectivity index (χ3v) is 2.34. The Hall–Kier alpha value is -0.380. The molecule has 0 fully saturated rings. The summed E-state index contributed by atoms with van der Waals surface area (Å²) >= 11 is 11.7. The number of nitrogens with two attached hydrogens (primary N) is 1. The Morgan fingerprint density at radius 1 is 1.38 bits per heavy atom. The Kier molecular flexibility index (Phi) is 3.90. The summed E-state index contributed by atoms with van der Waals surface area (Å²) in [7, 11) is 0. The van der Waals surface area contributed by atoms with E-state index in [0.717, 1.165) is 18.4 Å². The minimum Gasteiger partial charge on any atom is -0.328 e. The normalized spacial score (nSPS) is 12.9. The van der Waals surface area contributed by atoms with Crippen LogP contribution in [0.3, 0.4) is 0 Å². The van der Waals surface area contributed by atoms with E-state index >= 15 is 0 Å². The summed E-state index contributed by atoms with van der Waals surface area (Å²) in [6.07, 6.45) is 2.89. The van der Waals surface area contributed by atoms with Gasteiger partial charge in [0.2, 0.25) is 0 Å². The standard InChI is InChI=1S/C8H11Cl2N3/c1-5(11)2-3-6-7(9)12-4-13-8(6)10/h4-5H,2-3,11H2,1H3. The molecule has 1 atom stereocenters. The van der Waals surface area contributed by atoms with E-state index < -0.39 is 0 Å². The fourth-order valence-corrected chi connectivity index (χ4v) is 1.45. The lowest BCUT2D eigenvalue weighted by atomic mass is 10.1. The molecule has 0 spiro atoms. The van der Waals surface area contributed by atoms with Gasteiger partial charge in [-0.05, 0) is 19.8 Å². The monoisotopic (exact) mass is 219 g/mol. The van der Waals surface area contributed by atoms with Gasteiger partial charge < -0.3 is 5.73 Å². The fraction of sp³-hybridized carbons (Fsp3) is 0.500. The molecule has 0 aromatic carbocycles. The number of rotatable bonds is 3. The maximum absolute atomic E-state index is 5.84. The van der Waals surface area contributed by atoms with Crippen LogP contribution in [0.1, 0.15) is 18.9 Å². The summed E-state index contributed by atoms with van der Waals surface area (Å²) in [5, 5.41) is 0.835. The van der Waals surface area contributed by atoms with Crippen LogP contribution >= 0.6 is 23.2 Å². The van der Waals surface area contributed by atoms with Crippen LogP contribution in [0.5, 0.6) is 0 Å². The highest BCUT2D eigenvalue weighted by Crippen LogP contribution is 2.21. The van der Waals surface area contributed by atoms with Gasteiger partial charge in [0.1, 0.15) is 16.6 Å². The zero-order valence-corrected chi connectivity index (χ0v) is 8.81. The van der Waals surface area contributed by atoms with Crippen molar-refractivity contribution in [1.29, 1.82) is 0 Å². The zero-order chi connectivity index (χ0) is 9.84. The van der Waals surface area contributed by atoms with Gasteiger partial charge in [-0.1, -0.05) is 23.2 Å². The predicted octanol–water partition coefficient (Wildman–Crippen LogP) is 2.06. The molecule has 1 rings (SSSR count). The van der Waals surface area contributed by atoms with Gasteiger partial charge in [-0.15, -0.1) is 0 Å². The molecule has 5 heteroatoms. The molecule has 72 valence electrons. The second-order valence-corrected chi connectivity index (χ2v) is 3.67. The van der Waals surface area contributed by atoms with Crippen molar-refractivity contribution < 1.29 is 0 Å². The van der Waals surface area contributed by atoms with Crippen molar-refractivity contribution in [2.75, 3.05) is 0 Å². The molecule has 13 heavy (non-hydrogen) atoms. The molecule has 0 aliphatic heterocycles. The molecule has 1 heterocycles. The first-order valence-electron chi connectivity index (χ1n) is 4.01. The summed E-state index contributed by atoms with van der Waals surface area (Å²) in [4.78, 5) is 7.69. The lowest BCUT2D eigenvalue weighted by Gasteiger charge is -2.06. The second kappa shape index (κ2) is 4.74. The molecule has 0 saturated heterocycles. The highest BCUT2D eigenvalue weighted by atomic mass is 35.5. The van der Waals surface area contributed by atoms with Gasteiger partial charge in [-0.25, -0.2) is 9.97 Å². The van der Waals surface area contributed by atoms with Gasteiger partial charge in [0, 0.05) is 11.6 Å². The maximum atomic E-state index is 5.84. The zero-order valence-electron chi connectivity index (χ0n) is 7.30. The van der Waals surface area contributed by atoms with Crippen LogP contribution in [-0.2, 0) is 6.42 Å². The largest absolute Gasteiger partial charge is 0.328 e. The predicted molar refractivity (Wildman–Crippen MR) is 54.0 cm³/mol. The first kappa shape index (κ1) is 10.7. The van der Waals surface area contributed by atoms with Crippen LogP contribution in [0.15, 0.2) is 6.33 Å². The van der Waals surface area contributed by atoms with Gasteiger partial charge in [-0.3, -0.25) is 0 Å². The van der Waals surface area contributed by atoms with E-state index in [1.165, 1.54) is 6.33 Å². The first-order chi connectivity index (χ1) is 6.11. The number of hydrogen-bond acceptors (Lipinski definition) is 3. The SMILES string of the molecule is CC(N)CCc1c(Cl)ncnc1Cl. The van der Waals surface area contributed by atoms with Gasteiger partial charge in [0.05, 0.1) is 0 Å². The maximum Gasteiger partial charge on any atom is 0.137 e. The van der Waals surface area contributed by atoms with E-state index in [-0.39, 0.29) is 6.04 Å². The second-order valence-electron chi connectivity index (χ2n) is 2.95. The summed E-state index contributed by atoms with van der Waals surface area (Å²) in [6, 6.07) is 0.132. The van der Waals surface area contributed by atoms with E-state index in [4.69, 9.17) is 28.9 Å². The molecular weight excluding hydrogens is 209 g/mol. The number of aromatic nitrogens is 2. The minimum absolute atomic E-state index is 0.132. The number of hydrogen-bond donors (Lipinski definition) is 1. The van der Waals surface area contributed by atoms with Crippen molar-refractivity contribution in [3.63, 3.8) is 0 Å². The molecule has 1 aromatic heterocycles. The average Bonchev–Trinajstić information content (AvgIpc) is 2.03. The van der Waals surface area contributed by atoms with Crippen LogP contribution in [0.2, 0.25) is 10.3 Å². The van der Waals surface area contributed by atoms with E-state index in [1.54, 1.807) is 0 Å². The summed E-state index contributed by atoms with van der Waals surface area (Å²) < 4.78 is 0. The molecule has 3 nitrogen and oxygen atoms in total. The number of nitrogens with zero attached hydrogens (tertiary/aromatic N) is 2. The van der Waals surface area contributed by atoms with Crippen LogP contribution in [0, 0.1) is 0 Å². The molecule has 0 aliphatic carbocycles. The van der Waals surface area contributed by atoms with Crippen molar-refractivity contribution >= 4 is 23.2 Å². The summed E-state index contributed by atoms with van der Waals surface area (Å²) in [5.74, 6) is 0. The number of halogens is 2. The van der Waals surface area contributed by atoms with Gasteiger partial charge in [0.25, 0.3) is 0 Å². The molecule has 0 aliphatic rings. The van der Waals surface area contributed by atoms with Crippen LogP contribution in [0.4, 0.5) is 0 Å². The van der Waals surface area contributed by atoms with Gasteiger partial charge >= 0.3 is 0 Å². The molecule has 2 N–H and O–H groups in total. The highest BCUT2D eigenvalue weighted by Gasteiger charge is 2.08. The van der Waals surface area contributed by atoms with Crippen LogP contribution in [-0.4, -0.2) is 16.0 Å². The van der Waals surface area contributed by atoms with Gasteiger partial charge in [-0.2, -0.15) is 0 Å². The lowest BCUT2D eigenvalue weighted by molar-refractivity contribution is 0.664.